The van der Waals surface area contributed by atoms with E-state index in [2.05, 4.69) is 36.5 Å². The van der Waals surface area contributed by atoms with E-state index in [4.69, 9.17) is 0 Å². The zero-order valence-electron chi connectivity index (χ0n) is 17.8. The van der Waals surface area contributed by atoms with Gasteiger partial charge in [0.2, 0.25) is 0 Å². The maximum atomic E-state index is 13.0. The molecule has 3 rings (SSSR count). The standard InChI is InChI=1S/C21H33N3O3S/c1-19(2,3)15-13-21(9-11-24(15)18(25)26)12-14-8-7-10-22-16(14)17(21)23-28(27)20(4,5)6/h7-8,10,15,17,23H,9,11-13H2,1-6H3,(H,25,26)/t15-,17?,21?,28+/m0/s1. The van der Waals surface area contributed by atoms with Gasteiger partial charge in [-0.3, -0.25) is 4.98 Å². The van der Waals surface area contributed by atoms with E-state index in [-0.39, 0.29) is 27.7 Å². The highest BCUT2D eigenvalue weighted by Crippen LogP contribution is 2.54. The van der Waals surface area contributed by atoms with Crippen molar-refractivity contribution in [3.8, 4) is 0 Å². The lowest BCUT2D eigenvalue weighted by molar-refractivity contribution is -0.00529. The Kier molecular flexibility index (Phi) is 5.38. The van der Waals surface area contributed by atoms with E-state index in [0.29, 0.717) is 6.54 Å². The largest absolute Gasteiger partial charge is 0.465 e. The second-order valence-corrected chi connectivity index (χ2v) is 12.3. The van der Waals surface area contributed by atoms with Crippen LogP contribution in [0.2, 0.25) is 0 Å². The number of piperidine rings is 1. The Bertz CT molecular complexity index is 784. The first-order chi connectivity index (χ1) is 12.8. The Hall–Kier alpha value is -1.47. The van der Waals surface area contributed by atoms with Gasteiger partial charge >= 0.3 is 6.09 Å². The molecule has 0 aromatic carbocycles. The van der Waals surface area contributed by atoms with Crippen LogP contribution in [0.1, 0.15) is 71.7 Å². The minimum atomic E-state index is -1.23. The van der Waals surface area contributed by atoms with Crippen molar-refractivity contribution in [2.75, 3.05) is 6.54 Å². The van der Waals surface area contributed by atoms with Crippen LogP contribution in [0.5, 0.6) is 0 Å². The third-order valence-corrected chi connectivity index (χ3v) is 7.77. The highest BCUT2D eigenvalue weighted by molar-refractivity contribution is 7.84. The van der Waals surface area contributed by atoms with Crippen LogP contribution in [-0.4, -0.2) is 42.6 Å². The molecule has 0 saturated carbocycles. The van der Waals surface area contributed by atoms with Crippen LogP contribution in [0, 0.1) is 10.8 Å². The summed E-state index contributed by atoms with van der Waals surface area (Å²) in [5, 5.41) is 9.74. The first-order valence-electron chi connectivity index (χ1n) is 9.96. The number of nitrogens with zero attached hydrogens (tertiary/aromatic N) is 2. The number of pyridine rings is 1. The summed E-state index contributed by atoms with van der Waals surface area (Å²) in [5.74, 6) is 0. The molecule has 1 amide bonds. The smallest absolute Gasteiger partial charge is 0.407 e. The number of fused-ring (bicyclic) bond motifs is 1. The van der Waals surface area contributed by atoms with Gasteiger partial charge in [-0.2, -0.15) is 0 Å². The molecule has 1 saturated heterocycles. The fourth-order valence-electron chi connectivity index (χ4n) is 4.62. The lowest BCUT2D eigenvalue weighted by atomic mass is 9.66. The number of carboxylic acid groups (broad SMARTS) is 1. The van der Waals surface area contributed by atoms with Gasteiger partial charge in [0.05, 0.1) is 27.5 Å². The molecule has 1 aliphatic carbocycles. The van der Waals surface area contributed by atoms with Crippen LogP contribution in [0.15, 0.2) is 18.3 Å². The minimum absolute atomic E-state index is 0.0968. The molecular formula is C21H33N3O3S. The lowest BCUT2D eigenvalue weighted by Crippen LogP contribution is -2.57. The molecule has 1 aromatic heterocycles. The Morgan fingerprint density at radius 3 is 2.57 bits per heavy atom. The molecule has 4 atom stereocenters. The Morgan fingerprint density at radius 2 is 2.00 bits per heavy atom. The number of nitrogens with one attached hydrogen (secondary N) is 1. The van der Waals surface area contributed by atoms with Crippen LogP contribution in [0.4, 0.5) is 4.79 Å². The van der Waals surface area contributed by atoms with E-state index in [1.807, 2.05) is 26.8 Å². The molecule has 7 heteroatoms. The van der Waals surface area contributed by atoms with Crippen LogP contribution in [-0.2, 0) is 17.4 Å². The number of rotatable bonds is 2. The van der Waals surface area contributed by atoms with Gasteiger partial charge in [0.1, 0.15) is 0 Å². The van der Waals surface area contributed by atoms with Gasteiger partial charge in [-0.1, -0.05) is 26.8 Å². The van der Waals surface area contributed by atoms with Gasteiger partial charge < -0.3 is 10.0 Å². The molecule has 1 aromatic rings. The van der Waals surface area contributed by atoms with Crippen molar-refractivity contribution in [3.05, 3.63) is 29.6 Å². The second-order valence-electron chi connectivity index (χ2n) is 10.3. The predicted molar refractivity (Wildman–Crippen MR) is 111 cm³/mol. The summed E-state index contributed by atoms with van der Waals surface area (Å²) in [6.07, 6.45) is 3.25. The Balaban J connectivity index is 2.00. The lowest BCUT2D eigenvalue weighted by Gasteiger charge is -2.51. The summed E-state index contributed by atoms with van der Waals surface area (Å²) in [7, 11) is -1.23. The van der Waals surface area contributed by atoms with Crippen molar-refractivity contribution in [2.45, 2.75) is 77.6 Å². The zero-order chi connectivity index (χ0) is 20.9. The highest BCUT2D eigenvalue weighted by atomic mass is 32.2. The fraction of sp³-hybridized carbons (Fsp3) is 0.714. The topological polar surface area (TPSA) is 82.5 Å². The van der Waals surface area contributed by atoms with Crippen LogP contribution in [0.3, 0.4) is 0 Å². The molecule has 1 aliphatic heterocycles. The molecule has 2 unspecified atom stereocenters. The Morgan fingerprint density at radius 1 is 1.32 bits per heavy atom. The number of hydrogen-bond acceptors (Lipinski definition) is 3. The molecule has 6 nitrogen and oxygen atoms in total. The van der Waals surface area contributed by atoms with Crippen LogP contribution >= 0.6 is 0 Å². The average Bonchev–Trinajstić information content (AvgIpc) is 2.86. The van der Waals surface area contributed by atoms with Crippen LogP contribution < -0.4 is 4.72 Å². The van der Waals surface area contributed by atoms with E-state index in [9.17, 15) is 14.1 Å². The predicted octanol–water partition coefficient (Wildman–Crippen LogP) is 3.91. The van der Waals surface area contributed by atoms with E-state index in [0.717, 1.165) is 25.0 Å². The second kappa shape index (κ2) is 7.10. The minimum Gasteiger partial charge on any atom is -0.465 e. The zero-order valence-corrected chi connectivity index (χ0v) is 18.6. The summed E-state index contributed by atoms with van der Waals surface area (Å²) in [6.45, 7) is 12.7. The molecular weight excluding hydrogens is 374 g/mol. The van der Waals surface area contributed by atoms with Gasteiger partial charge in [-0.25, -0.2) is 13.7 Å². The van der Waals surface area contributed by atoms with Crippen molar-refractivity contribution in [2.24, 2.45) is 10.8 Å². The Labute approximate surface area is 170 Å². The normalized spacial score (nSPS) is 29.0. The quantitative estimate of drug-likeness (QED) is 0.779. The van der Waals surface area contributed by atoms with Crippen molar-refractivity contribution in [1.29, 1.82) is 0 Å². The summed E-state index contributed by atoms with van der Waals surface area (Å²) < 4.78 is 16.0. The molecule has 1 spiro atoms. The molecule has 28 heavy (non-hydrogen) atoms. The SMILES string of the molecule is CC(C)(C)[C@@H]1CC2(CCN1C(=O)O)Cc1cccnc1C2N[S@](=O)C(C)(C)C. The van der Waals surface area contributed by atoms with Crippen molar-refractivity contribution < 1.29 is 14.1 Å². The summed E-state index contributed by atoms with van der Waals surface area (Å²) in [4.78, 5) is 18.1. The van der Waals surface area contributed by atoms with E-state index >= 15 is 0 Å². The summed E-state index contributed by atoms with van der Waals surface area (Å²) in [5.41, 5.74) is 1.79. The maximum absolute atomic E-state index is 13.0. The molecule has 0 bridgehead atoms. The molecule has 0 radical (unpaired) electrons. The van der Waals surface area contributed by atoms with Gasteiger partial charge in [-0.05, 0) is 57.1 Å². The van der Waals surface area contributed by atoms with E-state index in [1.54, 1.807) is 11.1 Å². The monoisotopic (exact) mass is 407 g/mol. The number of carbonyl (C=O) groups is 1. The van der Waals surface area contributed by atoms with E-state index < -0.39 is 17.1 Å². The fourth-order valence-corrected chi connectivity index (χ4v) is 5.55. The highest BCUT2D eigenvalue weighted by Gasteiger charge is 2.54. The van der Waals surface area contributed by atoms with Crippen molar-refractivity contribution >= 4 is 17.1 Å². The summed E-state index contributed by atoms with van der Waals surface area (Å²) >= 11 is 0. The number of amides is 1. The maximum Gasteiger partial charge on any atom is 0.407 e. The third kappa shape index (κ3) is 3.83. The number of likely N-dealkylation sites (tertiary alicyclic amines) is 1. The third-order valence-electron chi connectivity index (χ3n) is 6.21. The molecule has 2 N–H and O–H groups in total. The van der Waals surface area contributed by atoms with Gasteiger partial charge in [0.25, 0.3) is 0 Å². The number of aromatic nitrogens is 1. The molecule has 156 valence electrons. The van der Waals surface area contributed by atoms with Crippen LogP contribution in [0.25, 0.3) is 0 Å². The molecule has 2 aliphatic rings. The van der Waals surface area contributed by atoms with Gasteiger partial charge in [-0.15, -0.1) is 0 Å². The first-order valence-corrected chi connectivity index (χ1v) is 11.1. The van der Waals surface area contributed by atoms with Crippen molar-refractivity contribution in [1.82, 2.24) is 14.6 Å². The van der Waals surface area contributed by atoms with Crippen molar-refractivity contribution in [3.63, 3.8) is 0 Å². The number of hydrogen-bond donors (Lipinski definition) is 2. The van der Waals surface area contributed by atoms with E-state index in [1.165, 1.54) is 5.56 Å². The molecule has 2 heterocycles. The first kappa shape index (κ1) is 21.2. The molecule has 1 fully saturated rings. The average molecular weight is 408 g/mol. The summed E-state index contributed by atoms with van der Waals surface area (Å²) in [6, 6.07) is 3.81. The van der Waals surface area contributed by atoms with Gasteiger partial charge in [0.15, 0.2) is 0 Å². The van der Waals surface area contributed by atoms with Gasteiger partial charge in [0, 0.05) is 24.2 Å².